The Hall–Kier alpha value is -1.68. The second-order valence-electron chi connectivity index (χ2n) is 6.71. The molecule has 0 aromatic heterocycles. The van der Waals surface area contributed by atoms with Gasteiger partial charge in [0.1, 0.15) is 0 Å². The van der Waals surface area contributed by atoms with Gasteiger partial charge in [-0.15, -0.1) is 0 Å². The van der Waals surface area contributed by atoms with E-state index in [0.717, 1.165) is 5.56 Å². The van der Waals surface area contributed by atoms with Crippen LogP contribution in [0, 0.1) is 0 Å². The second kappa shape index (κ2) is 5.98. The highest BCUT2D eigenvalue weighted by Crippen LogP contribution is 2.22. The van der Waals surface area contributed by atoms with E-state index >= 15 is 0 Å². The van der Waals surface area contributed by atoms with Crippen molar-refractivity contribution in [1.29, 1.82) is 0 Å². The number of likely N-dealkylation sites (tertiary alicyclic amines) is 1. The summed E-state index contributed by atoms with van der Waals surface area (Å²) in [5.41, 5.74) is 2.59. The zero-order chi connectivity index (χ0) is 15.6. The molecule has 2 amide bonds. The molecule has 1 saturated heterocycles. The van der Waals surface area contributed by atoms with Crippen molar-refractivity contribution in [2.75, 3.05) is 7.05 Å². The van der Waals surface area contributed by atoms with Crippen LogP contribution in [0.25, 0.3) is 0 Å². The van der Waals surface area contributed by atoms with E-state index in [1.54, 1.807) is 7.05 Å². The highest BCUT2D eigenvalue weighted by Gasteiger charge is 2.31. The van der Waals surface area contributed by atoms with E-state index in [9.17, 15) is 9.59 Å². The van der Waals surface area contributed by atoms with Crippen LogP contribution < -0.4 is 5.32 Å². The normalized spacial score (nSPS) is 20.0. The van der Waals surface area contributed by atoms with Gasteiger partial charge in [-0.1, -0.05) is 45.0 Å². The number of hydrogen-bond donors (Lipinski definition) is 1. The van der Waals surface area contributed by atoms with Gasteiger partial charge in [-0.25, -0.2) is 0 Å². The molecule has 0 saturated carbocycles. The Morgan fingerprint density at radius 3 is 2.38 bits per heavy atom. The zero-order valence-electron chi connectivity index (χ0n) is 13.3. The number of nitrogens with one attached hydrogen (secondary N) is 1. The number of likely N-dealkylation sites (N-methyl/N-ethyl adjacent to an activating group) is 1. The van der Waals surface area contributed by atoms with E-state index in [2.05, 4.69) is 50.4 Å². The molecule has 0 radical (unpaired) electrons. The maximum absolute atomic E-state index is 12.0. The Balaban J connectivity index is 1.94. The van der Waals surface area contributed by atoms with Crippen LogP contribution in [0.4, 0.5) is 0 Å². The minimum absolute atomic E-state index is 0.0902. The maximum atomic E-state index is 12.0. The minimum Gasteiger partial charge on any atom is -0.302 e. The number of hydrogen-bond acceptors (Lipinski definition) is 3. The van der Waals surface area contributed by atoms with Gasteiger partial charge in [0.05, 0.1) is 6.04 Å². The van der Waals surface area contributed by atoms with Crippen molar-refractivity contribution in [3.63, 3.8) is 0 Å². The topological polar surface area (TPSA) is 49.4 Å². The molecule has 114 valence electrons. The lowest BCUT2D eigenvalue weighted by atomic mass is 9.87. The van der Waals surface area contributed by atoms with Gasteiger partial charge < -0.3 is 5.32 Å². The van der Waals surface area contributed by atoms with Crippen LogP contribution in [-0.4, -0.2) is 29.8 Å². The molecule has 1 unspecified atom stereocenters. The second-order valence-corrected chi connectivity index (χ2v) is 6.71. The lowest BCUT2D eigenvalue weighted by Gasteiger charge is -2.28. The Bertz CT molecular complexity index is 529. The van der Waals surface area contributed by atoms with E-state index in [1.165, 1.54) is 10.5 Å². The highest BCUT2D eigenvalue weighted by atomic mass is 16.2. The van der Waals surface area contributed by atoms with Crippen LogP contribution in [0.15, 0.2) is 24.3 Å². The number of imide groups is 1. The summed E-state index contributed by atoms with van der Waals surface area (Å²) >= 11 is 0. The van der Waals surface area contributed by atoms with Crippen LogP contribution in [0.1, 0.15) is 44.7 Å². The third kappa shape index (κ3) is 3.70. The summed E-state index contributed by atoms with van der Waals surface area (Å²) in [5, 5.41) is 3.25. The summed E-state index contributed by atoms with van der Waals surface area (Å²) in [5.74, 6) is -0.217. The van der Waals surface area contributed by atoms with E-state index in [1.807, 2.05) is 0 Å². The molecule has 1 N–H and O–H groups in total. The van der Waals surface area contributed by atoms with E-state index < -0.39 is 0 Å². The first-order chi connectivity index (χ1) is 9.79. The molecular weight excluding hydrogens is 264 g/mol. The number of nitrogens with zero attached hydrogens (tertiary/aromatic N) is 1. The van der Waals surface area contributed by atoms with E-state index in [4.69, 9.17) is 0 Å². The SMILES string of the molecule is CN1C(=O)CCC(NCc2ccc(C(C)(C)C)cc2)C1=O. The quantitative estimate of drug-likeness (QED) is 0.868. The number of carbonyl (C=O) groups is 2. The smallest absolute Gasteiger partial charge is 0.246 e. The zero-order valence-corrected chi connectivity index (χ0v) is 13.3. The van der Waals surface area contributed by atoms with Gasteiger partial charge in [-0.2, -0.15) is 0 Å². The lowest BCUT2D eigenvalue weighted by molar-refractivity contribution is -0.148. The average Bonchev–Trinajstić information content (AvgIpc) is 2.43. The molecule has 1 aliphatic heterocycles. The first kappa shape index (κ1) is 15.7. The molecule has 1 aromatic carbocycles. The van der Waals surface area contributed by atoms with Crippen molar-refractivity contribution in [2.45, 2.75) is 51.6 Å². The number of amides is 2. The molecule has 0 spiro atoms. The summed E-state index contributed by atoms with van der Waals surface area (Å²) in [6.45, 7) is 7.21. The molecule has 1 aliphatic rings. The molecule has 4 heteroatoms. The molecule has 21 heavy (non-hydrogen) atoms. The number of carbonyl (C=O) groups excluding carboxylic acids is 2. The molecule has 1 atom stereocenters. The lowest BCUT2D eigenvalue weighted by Crippen LogP contribution is -2.51. The van der Waals surface area contributed by atoms with Crippen LogP contribution in [0.3, 0.4) is 0 Å². The average molecular weight is 288 g/mol. The summed E-state index contributed by atoms with van der Waals surface area (Å²) < 4.78 is 0. The van der Waals surface area contributed by atoms with Crippen molar-refractivity contribution >= 4 is 11.8 Å². The summed E-state index contributed by atoms with van der Waals surface area (Å²) in [4.78, 5) is 24.6. The molecular formula is C17H24N2O2. The fourth-order valence-corrected chi connectivity index (χ4v) is 2.47. The van der Waals surface area contributed by atoms with Gasteiger partial charge in [-0.3, -0.25) is 14.5 Å². The Morgan fingerprint density at radius 2 is 1.81 bits per heavy atom. The molecule has 2 rings (SSSR count). The first-order valence-corrected chi connectivity index (χ1v) is 7.42. The third-order valence-corrected chi connectivity index (χ3v) is 4.02. The van der Waals surface area contributed by atoms with E-state index in [0.29, 0.717) is 19.4 Å². The first-order valence-electron chi connectivity index (χ1n) is 7.42. The summed E-state index contributed by atoms with van der Waals surface area (Å²) in [6, 6.07) is 8.20. The predicted molar refractivity (Wildman–Crippen MR) is 82.8 cm³/mol. The van der Waals surface area contributed by atoms with Gasteiger partial charge in [0.2, 0.25) is 11.8 Å². The number of benzene rings is 1. The number of piperidine rings is 1. The van der Waals surface area contributed by atoms with Crippen molar-refractivity contribution in [3.05, 3.63) is 35.4 Å². The fraction of sp³-hybridized carbons (Fsp3) is 0.529. The van der Waals surface area contributed by atoms with Gasteiger partial charge in [0.25, 0.3) is 0 Å². The fourth-order valence-electron chi connectivity index (χ4n) is 2.47. The van der Waals surface area contributed by atoms with Crippen molar-refractivity contribution in [2.24, 2.45) is 0 Å². The van der Waals surface area contributed by atoms with Crippen LogP contribution in [0.2, 0.25) is 0 Å². The summed E-state index contributed by atoms with van der Waals surface area (Å²) in [6.07, 6.45) is 1.02. The van der Waals surface area contributed by atoms with Crippen molar-refractivity contribution in [3.8, 4) is 0 Å². The van der Waals surface area contributed by atoms with Crippen molar-refractivity contribution in [1.82, 2.24) is 10.2 Å². The highest BCUT2D eigenvalue weighted by molar-refractivity contribution is 6.00. The molecule has 1 heterocycles. The van der Waals surface area contributed by atoms with Gasteiger partial charge in [-0.05, 0) is 23.0 Å². The van der Waals surface area contributed by atoms with Gasteiger partial charge >= 0.3 is 0 Å². The van der Waals surface area contributed by atoms with Crippen LogP contribution >= 0.6 is 0 Å². The van der Waals surface area contributed by atoms with Crippen molar-refractivity contribution < 1.29 is 9.59 Å². The standard InChI is InChI=1S/C17H24N2O2/c1-17(2,3)13-7-5-12(6-8-13)11-18-14-9-10-15(20)19(4)16(14)21/h5-8,14,18H,9-11H2,1-4H3. The predicted octanol–water partition coefficient (Wildman–Crippen LogP) is 2.22. The van der Waals surface area contributed by atoms with Crippen LogP contribution in [-0.2, 0) is 21.5 Å². The molecule has 0 aliphatic carbocycles. The van der Waals surface area contributed by atoms with Gasteiger partial charge in [0.15, 0.2) is 0 Å². The maximum Gasteiger partial charge on any atom is 0.246 e. The Morgan fingerprint density at radius 1 is 1.19 bits per heavy atom. The molecule has 1 aromatic rings. The van der Waals surface area contributed by atoms with E-state index in [-0.39, 0.29) is 23.3 Å². The molecule has 1 fully saturated rings. The Labute approximate surface area is 126 Å². The largest absolute Gasteiger partial charge is 0.302 e. The van der Waals surface area contributed by atoms with Gasteiger partial charge in [0, 0.05) is 20.0 Å². The minimum atomic E-state index is -0.255. The molecule has 0 bridgehead atoms. The van der Waals surface area contributed by atoms with Crippen LogP contribution in [0.5, 0.6) is 0 Å². The third-order valence-electron chi connectivity index (χ3n) is 4.02. The summed E-state index contributed by atoms with van der Waals surface area (Å²) in [7, 11) is 1.55. The number of rotatable bonds is 3. The Kier molecular flexibility index (Phi) is 4.47. The molecule has 4 nitrogen and oxygen atoms in total. The monoisotopic (exact) mass is 288 g/mol.